The molecule has 4 rings (SSSR count). The quantitative estimate of drug-likeness (QED) is 0.614. The van der Waals surface area contributed by atoms with Crippen LogP contribution < -0.4 is 5.32 Å². The monoisotopic (exact) mass is 321 g/mol. The summed E-state index contributed by atoms with van der Waals surface area (Å²) in [6.07, 6.45) is 3.11. The molecule has 0 aliphatic carbocycles. The third-order valence-corrected chi connectivity index (χ3v) is 4.07. The minimum Gasteiger partial charge on any atom is -0.423 e. The molecule has 0 aliphatic rings. The number of fused-ring (bicyclic) bond motifs is 1. The lowest BCUT2D eigenvalue weighted by Gasteiger charge is -1.98. The van der Waals surface area contributed by atoms with Crippen molar-refractivity contribution in [2.75, 3.05) is 5.32 Å². The second-order valence-electron chi connectivity index (χ2n) is 4.91. The zero-order valence-electron chi connectivity index (χ0n) is 11.9. The fraction of sp³-hybridized carbons (Fsp3) is 0. The molecular formula is C17H11N3O2S. The number of thiophene rings is 1. The molecule has 0 bridgehead atoms. The van der Waals surface area contributed by atoms with Gasteiger partial charge in [0, 0.05) is 12.4 Å². The molecule has 1 aromatic carbocycles. The molecule has 23 heavy (non-hydrogen) atoms. The Kier molecular flexibility index (Phi) is 3.36. The van der Waals surface area contributed by atoms with Gasteiger partial charge in [-0.3, -0.25) is 15.1 Å². The van der Waals surface area contributed by atoms with Crippen molar-refractivity contribution in [1.29, 1.82) is 0 Å². The standard InChI is InChI=1S/C17H11N3O2S/c21-16(12-2-1-6-18-9-12)20-17-19-14-8-11(3-4-15(14)22-17)13-5-7-23-10-13/h1-10H,(H,19,20,21). The first-order valence-electron chi connectivity index (χ1n) is 6.94. The summed E-state index contributed by atoms with van der Waals surface area (Å²) in [7, 11) is 0. The summed E-state index contributed by atoms with van der Waals surface area (Å²) in [5.74, 6) is -0.303. The molecule has 3 aromatic heterocycles. The Balaban J connectivity index is 1.63. The Bertz CT molecular complexity index is 962. The molecule has 0 radical (unpaired) electrons. The van der Waals surface area contributed by atoms with Crippen LogP contribution in [0.5, 0.6) is 0 Å². The van der Waals surface area contributed by atoms with Gasteiger partial charge in [0.05, 0.1) is 5.56 Å². The number of hydrogen-bond donors (Lipinski definition) is 1. The molecule has 5 nitrogen and oxygen atoms in total. The van der Waals surface area contributed by atoms with E-state index in [0.29, 0.717) is 16.7 Å². The Morgan fingerprint density at radius 3 is 2.91 bits per heavy atom. The average molecular weight is 321 g/mol. The first-order chi connectivity index (χ1) is 11.3. The van der Waals surface area contributed by atoms with Crippen LogP contribution in [0, 0.1) is 0 Å². The second-order valence-corrected chi connectivity index (χ2v) is 5.69. The third-order valence-electron chi connectivity index (χ3n) is 3.39. The normalized spacial score (nSPS) is 10.8. The predicted molar refractivity (Wildman–Crippen MR) is 89.5 cm³/mol. The smallest absolute Gasteiger partial charge is 0.302 e. The first kappa shape index (κ1) is 13.7. The summed E-state index contributed by atoms with van der Waals surface area (Å²) < 4.78 is 5.57. The first-order valence-corrected chi connectivity index (χ1v) is 7.88. The van der Waals surface area contributed by atoms with Crippen molar-refractivity contribution in [1.82, 2.24) is 9.97 Å². The van der Waals surface area contributed by atoms with Crippen LogP contribution in [-0.4, -0.2) is 15.9 Å². The maximum Gasteiger partial charge on any atom is 0.302 e. The van der Waals surface area contributed by atoms with E-state index >= 15 is 0 Å². The molecule has 112 valence electrons. The number of amides is 1. The van der Waals surface area contributed by atoms with E-state index in [1.807, 2.05) is 23.6 Å². The van der Waals surface area contributed by atoms with Gasteiger partial charge in [-0.05, 0) is 52.2 Å². The van der Waals surface area contributed by atoms with Gasteiger partial charge in [0.15, 0.2) is 5.58 Å². The van der Waals surface area contributed by atoms with Crippen molar-refractivity contribution >= 4 is 34.4 Å². The lowest BCUT2D eigenvalue weighted by Crippen LogP contribution is -2.12. The minimum atomic E-state index is -0.303. The number of benzene rings is 1. The van der Waals surface area contributed by atoms with Gasteiger partial charge in [-0.1, -0.05) is 6.07 Å². The summed E-state index contributed by atoms with van der Waals surface area (Å²) >= 11 is 1.64. The SMILES string of the molecule is O=C(Nc1nc2cc(-c3ccsc3)ccc2o1)c1cccnc1. The molecular weight excluding hydrogens is 310 g/mol. The van der Waals surface area contributed by atoms with Crippen LogP contribution in [0.15, 0.2) is 64.0 Å². The van der Waals surface area contributed by atoms with Crippen molar-refractivity contribution in [3.05, 3.63) is 65.1 Å². The number of nitrogens with zero attached hydrogens (tertiary/aromatic N) is 2. The van der Waals surface area contributed by atoms with Gasteiger partial charge in [-0.15, -0.1) is 0 Å². The summed E-state index contributed by atoms with van der Waals surface area (Å²) in [5.41, 5.74) is 3.99. The number of rotatable bonds is 3. The lowest BCUT2D eigenvalue weighted by molar-refractivity contribution is 0.102. The Hall–Kier alpha value is -2.99. The van der Waals surface area contributed by atoms with Crippen LogP contribution in [0.25, 0.3) is 22.2 Å². The number of carbonyl (C=O) groups is 1. The van der Waals surface area contributed by atoms with E-state index in [9.17, 15) is 4.79 Å². The Morgan fingerprint density at radius 1 is 1.17 bits per heavy atom. The molecule has 0 saturated carbocycles. The summed E-state index contributed by atoms with van der Waals surface area (Å²) in [5, 5.41) is 6.75. The van der Waals surface area contributed by atoms with E-state index in [2.05, 4.69) is 26.7 Å². The summed E-state index contributed by atoms with van der Waals surface area (Å²) in [6, 6.07) is 11.4. The van der Waals surface area contributed by atoms with E-state index in [4.69, 9.17) is 4.42 Å². The Morgan fingerprint density at radius 2 is 2.13 bits per heavy atom. The molecule has 0 unspecified atom stereocenters. The van der Waals surface area contributed by atoms with Crippen molar-refractivity contribution in [2.24, 2.45) is 0 Å². The number of pyridine rings is 1. The molecule has 1 amide bonds. The Labute approximate surface area is 135 Å². The molecule has 1 N–H and O–H groups in total. The van der Waals surface area contributed by atoms with Crippen LogP contribution in [0.1, 0.15) is 10.4 Å². The van der Waals surface area contributed by atoms with Crippen LogP contribution in [0.4, 0.5) is 6.01 Å². The molecule has 0 fully saturated rings. The van der Waals surface area contributed by atoms with Crippen LogP contribution >= 0.6 is 11.3 Å². The number of carbonyl (C=O) groups excluding carboxylic acids is 1. The van der Waals surface area contributed by atoms with Gasteiger partial charge in [-0.2, -0.15) is 16.3 Å². The number of oxazole rings is 1. The molecule has 0 aliphatic heterocycles. The predicted octanol–water partition coefficient (Wildman–Crippen LogP) is 4.20. The van der Waals surface area contributed by atoms with Crippen molar-refractivity contribution in [2.45, 2.75) is 0 Å². The maximum atomic E-state index is 12.1. The van der Waals surface area contributed by atoms with Gasteiger partial charge in [0.2, 0.25) is 0 Å². The number of nitrogens with one attached hydrogen (secondary N) is 1. The van der Waals surface area contributed by atoms with Crippen LogP contribution in [0.3, 0.4) is 0 Å². The molecule has 4 aromatic rings. The summed E-state index contributed by atoms with van der Waals surface area (Å²) in [4.78, 5) is 20.3. The summed E-state index contributed by atoms with van der Waals surface area (Å²) in [6.45, 7) is 0. The highest BCUT2D eigenvalue weighted by atomic mass is 32.1. The van der Waals surface area contributed by atoms with Crippen molar-refractivity contribution in [3.8, 4) is 11.1 Å². The van der Waals surface area contributed by atoms with Crippen LogP contribution in [0.2, 0.25) is 0 Å². The van der Waals surface area contributed by atoms with Gasteiger partial charge in [0.1, 0.15) is 5.52 Å². The van der Waals surface area contributed by atoms with Gasteiger partial charge in [-0.25, -0.2) is 0 Å². The van der Waals surface area contributed by atoms with E-state index in [-0.39, 0.29) is 11.9 Å². The highest BCUT2D eigenvalue weighted by molar-refractivity contribution is 7.08. The zero-order chi connectivity index (χ0) is 15.6. The van der Waals surface area contributed by atoms with Crippen molar-refractivity contribution in [3.63, 3.8) is 0 Å². The third kappa shape index (κ3) is 2.72. The fourth-order valence-electron chi connectivity index (χ4n) is 2.26. The van der Waals surface area contributed by atoms with Crippen molar-refractivity contribution < 1.29 is 9.21 Å². The lowest BCUT2D eigenvalue weighted by atomic mass is 10.1. The van der Waals surface area contributed by atoms with E-state index in [1.165, 1.54) is 6.20 Å². The van der Waals surface area contributed by atoms with E-state index < -0.39 is 0 Å². The average Bonchev–Trinajstić information content (AvgIpc) is 3.24. The molecule has 0 saturated heterocycles. The minimum absolute atomic E-state index is 0.177. The maximum absolute atomic E-state index is 12.1. The van der Waals surface area contributed by atoms with E-state index in [0.717, 1.165) is 11.1 Å². The van der Waals surface area contributed by atoms with Gasteiger partial charge >= 0.3 is 6.01 Å². The molecule has 0 spiro atoms. The van der Waals surface area contributed by atoms with E-state index in [1.54, 1.807) is 29.7 Å². The second kappa shape index (κ2) is 5.66. The number of aromatic nitrogens is 2. The zero-order valence-corrected chi connectivity index (χ0v) is 12.7. The number of anilines is 1. The molecule has 3 heterocycles. The topological polar surface area (TPSA) is 68.0 Å². The molecule has 6 heteroatoms. The fourth-order valence-corrected chi connectivity index (χ4v) is 2.92. The van der Waals surface area contributed by atoms with Gasteiger partial charge in [0.25, 0.3) is 5.91 Å². The number of hydrogen-bond acceptors (Lipinski definition) is 5. The van der Waals surface area contributed by atoms with Gasteiger partial charge < -0.3 is 4.42 Å². The molecule has 0 atom stereocenters. The highest BCUT2D eigenvalue weighted by Gasteiger charge is 2.12. The highest BCUT2D eigenvalue weighted by Crippen LogP contribution is 2.27. The largest absolute Gasteiger partial charge is 0.423 e. The van der Waals surface area contributed by atoms with Crippen LogP contribution in [-0.2, 0) is 0 Å².